The Morgan fingerprint density at radius 2 is 2.11 bits per heavy atom. The summed E-state index contributed by atoms with van der Waals surface area (Å²) in [6.45, 7) is 9.58. The van der Waals surface area contributed by atoms with Gasteiger partial charge in [0.2, 0.25) is 0 Å². The maximum atomic E-state index is 12.1. The summed E-state index contributed by atoms with van der Waals surface area (Å²) in [5.74, 6) is 0.921. The molecule has 1 atom stereocenters. The lowest BCUT2D eigenvalue weighted by atomic mass is 10.1. The number of benzene rings is 1. The molecule has 0 heterocycles. The molecule has 1 aromatic carbocycles. The molecule has 1 unspecified atom stereocenters. The van der Waals surface area contributed by atoms with Crippen molar-refractivity contribution >= 4 is 21.7 Å². The van der Waals surface area contributed by atoms with E-state index in [1.807, 2.05) is 24.3 Å². The smallest absolute Gasteiger partial charge is 0.164 e. The predicted octanol–water partition coefficient (Wildman–Crippen LogP) is 4.39. The van der Waals surface area contributed by atoms with Crippen LogP contribution in [0.3, 0.4) is 0 Å². The van der Waals surface area contributed by atoms with Crippen molar-refractivity contribution in [2.75, 3.05) is 19.6 Å². The van der Waals surface area contributed by atoms with Gasteiger partial charge in [0.15, 0.2) is 5.78 Å². The number of Topliss-reactive ketones (excluding diaryl/α,β-unsaturated/α-hetero) is 1. The van der Waals surface area contributed by atoms with Gasteiger partial charge in [0.1, 0.15) is 0 Å². The first-order chi connectivity index (χ1) is 9.06. The second-order valence-corrected chi connectivity index (χ2v) is 6.01. The number of nitrogens with zero attached hydrogens (tertiary/aromatic N) is 1. The topological polar surface area (TPSA) is 20.3 Å². The van der Waals surface area contributed by atoms with Crippen molar-refractivity contribution in [1.82, 2.24) is 4.90 Å². The minimum absolute atomic E-state index is 0.226. The molecule has 2 nitrogen and oxygen atoms in total. The van der Waals surface area contributed by atoms with E-state index in [1.165, 1.54) is 6.42 Å². The van der Waals surface area contributed by atoms with Crippen molar-refractivity contribution in [1.29, 1.82) is 0 Å². The molecule has 3 heteroatoms. The number of carbonyl (C=O) groups excluding carboxylic acids is 1. The van der Waals surface area contributed by atoms with E-state index < -0.39 is 0 Å². The van der Waals surface area contributed by atoms with Crippen LogP contribution in [-0.2, 0) is 0 Å². The molecule has 0 radical (unpaired) electrons. The second-order valence-electron chi connectivity index (χ2n) is 5.09. The van der Waals surface area contributed by atoms with E-state index in [9.17, 15) is 4.79 Å². The van der Waals surface area contributed by atoms with Gasteiger partial charge in [-0.05, 0) is 24.6 Å². The van der Waals surface area contributed by atoms with E-state index in [4.69, 9.17) is 0 Å². The average molecular weight is 326 g/mol. The Kier molecular flexibility index (Phi) is 7.32. The Balaban J connectivity index is 2.48. The summed E-state index contributed by atoms with van der Waals surface area (Å²) in [5.41, 5.74) is 0.800. The van der Waals surface area contributed by atoms with Crippen LogP contribution in [0.1, 0.15) is 44.0 Å². The molecule has 1 aromatic rings. The van der Waals surface area contributed by atoms with Crippen LogP contribution >= 0.6 is 15.9 Å². The summed E-state index contributed by atoms with van der Waals surface area (Å²) < 4.78 is 0.963. The maximum absolute atomic E-state index is 12.1. The summed E-state index contributed by atoms with van der Waals surface area (Å²) in [7, 11) is 0. The predicted molar refractivity (Wildman–Crippen MR) is 84.7 cm³/mol. The van der Waals surface area contributed by atoms with Crippen LogP contribution in [0, 0.1) is 5.92 Å². The van der Waals surface area contributed by atoms with Crippen LogP contribution in [0.2, 0.25) is 0 Å². The van der Waals surface area contributed by atoms with Crippen molar-refractivity contribution < 1.29 is 4.79 Å². The molecule has 0 amide bonds. The first-order valence-electron chi connectivity index (χ1n) is 7.07. The molecular weight excluding hydrogens is 302 g/mol. The summed E-state index contributed by atoms with van der Waals surface area (Å²) in [5, 5.41) is 0. The molecule has 0 spiro atoms. The minimum Gasteiger partial charge on any atom is -0.303 e. The molecule has 0 saturated carbocycles. The van der Waals surface area contributed by atoms with Gasteiger partial charge < -0.3 is 4.90 Å². The highest BCUT2D eigenvalue weighted by Crippen LogP contribution is 2.13. The molecule has 0 saturated heterocycles. The summed E-state index contributed by atoms with van der Waals surface area (Å²) in [6, 6.07) is 7.64. The zero-order chi connectivity index (χ0) is 14.3. The SMILES string of the molecule is CCC(C)CN(CC)CCC(=O)c1cccc(Br)c1. The van der Waals surface area contributed by atoms with Crippen molar-refractivity contribution in [3.8, 4) is 0 Å². The standard InChI is InChI=1S/C16H24BrNO/c1-4-13(3)12-18(5-2)10-9-16(19)14-7-6-8-15(17)11-14/h6-8,11,13H,4-5,9-10,12H2,1-3H3. The molecular formula is C16H24BrNO. The Bertz CT molecular complexity index is 405. The fraction of sp³-hybridized carbons (Fsp3) is 0.562. The fourth-order valence-corrected chi connectivity index (χ4v) is 2.41. The zero-order valence-corrected chi connectivity index (χ0v) is 13.7. The van der Waals surface area contributed by atoms with E-state index in [1.54, 1.807) is 0 Å². The van der Waals surface area contributed by atoms with E-state index >= 15 is 0 Å². The van der Waals surface area contributed by atoms with Crippen LogP contribution < -0.4 is 0 Å². The quantitative estimate of drug-likeness (QED) is 0.660. The van der Waals surface area contributed by atoms with E-state index in [0.29, 0.717) is 12.3 Å². The molecule has 0 aliphatic rings. The molecule has 0 fully saturated rings. The van der Waals surface area contributed by atoms with E-state index in [-0.39, 0.29) is 5.78 Å². The third kappa shape index (κ3) is 5.87. The average Bonchev–Trinajstić information content (AvgIpc) is 2.42. The number of hydrogen-bond donors (Lipinski definition) is 0. The van der Waals surface area contributed by atoms with Gasteiger partial charge in [-0.3, -0.25) is 4.79 Å². The Labute approximate surface area is 125 Å². The number of halogens is 1. The largest absolute Gasteiger partial charge is 0.303 e. The summed E-state index contributed by atoms with van der Waals surface area (Å²) in [4.78, 5) is 14.5. The molecule has 0 aliphatic carbocycles. The van der Waals surface area contributed by atoms with Crippen LogP contribution in [0.15, 0.2) is 28.7 Å². The van der Waals surface area contributed by atoms with Gasteiger partial charge >= 0.3 is 0 Å². The number of ketones is 1. The van der Waals surface area contributed by atoms with Crippen LogP contribution in [-0.4, -0.2) is 30.3 Å². The number of rotatable bonds is 8. The van der Waals surface area contributed by atoms with Crippen molar-refractivity contribution in [2.24, 2.45) is 5.92 Å². The lowest BCUT2D eigenvalue weighted by Gasteiger charge is -2.23. The molecule has 0 N–H and O–H groups in total. The third-order valence-electron chi connectivity index (χ3n) is 3.52. The first kappa shape index (κ1) is 16.4. The minimum atomic E-state index is 0.226. The Morgan fingerprint density at radius 3 is 2.68 bits per heavy atom. The highest BCUT2D eigenvalue weighted by molar-refractivity contribution is 9.10. The molecule has 0 bridgehead atoms. The van der Waals surface area contributed by atoms with Gasteiger partial charge in [-0.2, -0.15) is 0 Å². The maximum Gasteiger partial charge on any atom is 0.164 e. The van der Waals surface area contributed by atoms with Crippen LogP contribution in [0.4, 0.5) is 0 Å². The van der Waals surface area contributed by atoms with Gasteiger partial charge in [-0.25, -0.2) is 0 Å². The Morgan fingerprint density at radius 1 is 1.37 bits per heavy atom. The monoisotopic (exact) mass is 325 g/mol. The first-order valence-corrected chi connectivity index (χ1v) is 7.87. The molecule has 0 aromatic heterocycles. The van der Waals surface area contributed by atoms with Crippen molar-refractivity contribution in [2.45, 2.75) is 33.6 Å². The van der Waals surface area contributed by atoms with Crippen LogP contribution in [0.5, 0.6) is 0 Å². The van der Waals surface area contributed by atoms with Gasteiger partial charge in [0.25, 0.3) is 0 Å². The van der Waals surface area contributed by atoms with Crippen molar-refractivity contribution in [3.05, 3.63) is 34.3 Å². The molecule has 19 heavy (non-hydrogen) atoms. The van der Waals surface area contributed by atoms with Crippen molar-refractivity contribution in [3.63, 3.8) is 0 Å². The van der Waals surface area contributed by atoms with E-state index in [0.717, 1.165) is 29.7 Å². The fourth-order valence-electron chi connectivity index (χ4n) is 2.01. The van der Waals surface area contributed by atoms with E-state index in [2.05, 4.69) is 41.6 Å². The van der Waals surface area contributed by atoms with Gasteiger partial charge in [-0.15, -0.1) is 0 Å². The molecule has 106 valence electrons. The Hall–Kier alpha value is -0.670. The van der Waals surface area contributed by atoms with Gasteiger partial charge in [0, 0.05) is 29.5 Å². The lowest BCUT2D eigenvalue weighted by Crippen LogP contribution is -2.30. The molecule has 1 rings (SSSR count). The normalized spacial score (nSPS) is 12.7. The lowest BCUT2D eigenvalue weighted by molar-refractivity contribution is 0.0961. The second kappa shape index (κ2) is 8.49. The highest BCUT2D eigenvalue weighted by Gasteiger charge is 2.11. The third-order valence-corrected chi connectivity index (χ3v) is 4.01. The van der Waals surface area contributed by atoms with Crippen LogP contribution in [0.25, 0.3) is 0 Å². The van der Waals surface area contributed by atoms with Gasteiger partial charge in [-0.1, -0.05) is 55.3 Å². The zero-order valence-electron chi connectivity index (χ0n) is 12.2. The summed E-state index contributed by atoms with van der Waals surface area (Å²) in [6.07, 6.45) is 1.79. The highest BCUT2D eigenvalue weighted by atomic mass is 79.9. The number of carbonyl (C=O) groups is 1. The summed E-state index contributed by atoms with van der Waals surface area (Å²) >= 11 is 3.40. The van der Waals surface area contributed by atoms with Gasteiger partial charge in [0.05, 0.1) is 0 Å². The number of hydrogen-bond acceptors (Lipinski definition) is 2. The molecule has 0 aliphatic heterocycles.